The van der Waals surface area contributed by atoms with Gasteiger partial charge in [-0.1, -0.05) is 22.0 Å². The van der Waals surface area contributed by atoms with Crippen LogP contribution < -0.4 is 9.47 Å². The highest BCUT2D eigenvalue weighted by Crippen LogP contribution is 2.34. The minimum Gasteiger partial charge on any atom is -0.486 e. The molecule has 0 unspecified atom stereocenters. The smallest absolute Gasteiger partial charge is 0.172 e. The maximum absolute atomic E-state index is 13.4. The van der Waals surface area contributed by atoms with E-state index in [-0.39, 0.29) is 18.0 Å². The van der Waals surface area contributed by atoms with Gasteiger partial charge in [-0.2, -0.15) is 0 Å². The largest absolute Gasteiger partial charge is 0.486 e. The number of fused-ring (bicyclic) bond motifs is 1. The van der Waals surface area contributed by atoms with Crippen LogP contribution in [0.3, 0.4) is 0 Å². The Balaban J connectivity index is 1.89. The molecule has 0 atom stereocenters. The molecule has 3 rings (SSSR count). The fourth-order valence-electron chi connectivity index (χ4n) is 2.29. The zero-order valence-corrected chi connectivity index (χ0v) is 12.7. The van der Waals surface area contributed by atoms with Gasteiger partial charge in [-0.05, 0) is 35.9 Å². The molecule has 0 bridgehead atoms. The average molecular weight is 351 g/mol. The highest BCUT2D eigenvalue weighted by molar-refractivity contribution is 9.10. The topological polar surface area (TPSA) is 35.5 Å². The highest BCUT2D eigenvalue weighted by atomic mass is 79.9. The van der Waals surface area contributed by atoms with Gasteiger partial charge in [0.2, 0.25) is 0 Å². The number of hydrogen-bond donors (Lipinski definition) is 0. The van der Waals surface area contributed by atoms with Crippen LogP contribution in [-0.4, -0.2) is 19.0 Å². The molecule has 0 amide bonds. The molecule has 0 fully saturated rings. The minimum atomic E-state index is -0.373. The van der Waals surface area contributed by atoms with Crippen LogP contribution in [0.4, 0.5) is 4.39 Å². The second-order valence-corrected chi connectivity index (χ2v) is 5.62. The Morgan fingerprint density at radius 3 is 2.81 bits per heavy atom. The molecule has 21 heavy (non-hydrogen) atoms. The highest BCUT2D eigenvalue weighted by Gasteiger charge is 2.20. The number of benzene rings is 2. The lowest BCUT2D eigenvalue weighted by Gasteiger charge is -2.20. The van der Waals surface area contributed by atoms with Crippen molar-refractivity contribution in [2.24, 2.45) is 0 Å². The number of rotatable bonds is 3. The number of hydrogen-bond acceptors (Lipinski definition) is 3. The van der Waals surface area contributed by atoms with Crippen LogP contribution in [0.25, 0.3) is 0 Å². The number of para-hydroxylation sites is 1. The molecule has 108 valence electrons. The molecule has 0 aromatic heterocycles. The third kappa shape index (κ3) is 3.08. The van der Waals surface area contributed by atoms with Crippen LogP contribution in [0.1, 0.15) is 15.9 Å². The van der Waals surface area contributed by atoms with E-state index in [2.05, 4.69) is 15.9 Å². The fraction of sp³-hybridized carbons (Fsp3) is 0.188. The van der Waals surface area contributed by atoms with E-state index < -0.39 is 0 Å². The molecule has 0 saturated heterocycles. The Morgan fingerprint density at radius 1 is 1.19 bits per heavy atom. The summed E-state index contributed by atoms with van der Waals surface area (Å²) in [6.45, 7) is 0.893. The average Bonchev–Trinajstić information content (AvgIpc) is 2.45. The molecule has 0 saturated carbocycles. The molecule has 0 aliphatic carbocycles. The summed E-state index contributed by atoms with van der Waals surface area (Å²) in [6.07, 6.45) is 0.107. The van der Waals surface area contributed by atoms with Crippen molar-refractivity contribution in [1.29, 1.82) is 0 Å². The summed E-state index contributed by atoms with van der Waals surface area (Å²) in [5.74, 6) is 0.549. The first-order valence-corrected chi connectivity index (χ1v) is 7.29. The van der Waals surface area contributed by atoms with Gasteiger partial charge in [0, 0.05) is 10.9 Å². The SMILES string of the molecule is O=C(Cc1cc(F)cc(Br)c1)c1cccc2c1OCCO2. The van der Waals surface area contributed by atoms with E-state index in [1.54, 1.807) is 24.3 Å². The minimum absolute atomic E-state index is 0.107. The van der Waals surface area contributed by atoms with Crippen LogP contribution in [0.5, 0.6) is 11.5 Å². The number of ether oxygens (including phenoxy) is 2. The third-order valence-electron chi connectivity index (χ3n) is 3.15. The molecular weight excluding hydrogens is 339 g/mol. The maximum atomic E-state index is 13.4. The molecule has 2 aromatic carbocycles. The lowest BCUT2D eigenvalue weighted by Crippen LogP contribution is -2.18. The van der Waals surface area contributed by atoms with E-state index in [0.717, 1.165) is 0 Å². The predicted molar refractivity (Wildman–Crippen MR) is 79.6 cm³/mol. The van der Waals surface area contributed by atoms with E-state index in [1.807, 2.05) is 0 Å². The Bertz CT molecular complexity index is 680. The number of Topliss-reactive ketones (excluding diaryl/α,β-unsaturated/α-hetero) is 1. The van der Waals surface area contributed by atoms with Crippen molar-refractivity contribution in [3.05, 3.63) is 57.8 Å². The number of carbonyl (C=O) groups excluding carboxylic acids is 1. The first kappa shape index (κ1) is 14.1. The lowest BCUT2D eigenvalue weighted by atomic mass is 10.0. The van der Waals surface area contributed by atoms with Gasteiger partial charge >= 0.3 is 0 Å². The second kappa shape index (κ2) is 5.85. The Hall–Kier alpha value is -1.88. The van der Waals surface area contributed by atoms with Crippen molar-refractivity contribution in [2.75, 3.05) is 13.2 Å². The standard InChI is InChI=1S/C16H12BrFO3/c17-11-6-10(7-12(18)9-11)8-14(19)13-2-1-3-15-16(13)21-5-4-20-15/h1-3,6-7,9H,4-5,8H2. The van der Waals surface area contributed by atoms with Crippen molar-refractivity contribution >= 4 is 21.7 Å². The van der Waals surface area contributed by atoms with Crippen molar-refractivity contribution in [3.63, 3.8) is 0 Å². The molecule has 1 aliphatic rings. The number of halogens is 2. The molecule has 1 heterocycles. The summed E-state index contributed by atoms with van der Waals surface area (Å²) in [7, 11) is 0. The Morgan fingerprint density at radius 2 is 2.00 bits per heavy atom. The van der Waals surface area contributed by atoms with Crippen LogP contribution in [0.2, 0.25) is 0 Å². The molecule has 1 aliphatic heterocycles. The summed E-state index contributed by atoms with van der Waals surface area (Å²) in [6, 6.07) is 9.66. The molecular formula is C16H12BrFO3. The van der Waals surface area contributed by atoms with Crippen molar-refractivity contribution < 1.29 is 18.7 Å². The normalized spacial score (nSPS) is 13.0. The van der Waals surface area contributed by atoms with Gasteiger partial charge in [0.25, 0.3) is 0 Å². The van der Waals surface area contributed by atoms with E-state index in [9.17, 15) is 9.18 Å². The molecule has 2 aromatic rings. The van der Waals surface area contributed by atoms with Crippen molar-refractivity contribution in [2.45, 2.75) is 6.42 Å². The van der Waals surface area contributed by atoms with Crippen molar-refractivity contribution in [1.82, 2.24) is 0 Å². The van der Waals surface area contributed by atoms with Gasteiger partial charge in [0.05, 0.1) is 5.56 Å². The first-order chi connectivity index (χ1) is 10.1. The summed E-state index contributed by atoms with van der Waals surface area (Å²) in [5, 5.41) is 0. The van der Waals surface area contributed by atoms with E-state index >= 15 is 0 Å². The molecule has 3 nitrogen and oxygen atoms in total. The van der Waals surface area contributed by atoms with Gasteiger partial charge in [0.1, 0.15) is 19.0 Å². The molecule has 0 radical (unpaired) electrons. The van der Waals surface area contributed by atoms with Crippen LogP contribution in [0, 0.1) is 5.82 Å². The Kier molecular flexibility index (Phi) is 3.92. The summed E-state index contributed by atoms with van der Waals surface area (Å²) >= 11 is 3.22. The van der Waals surface area contributed by atoms with Crippen molar-refractivity contribution in [3.8, 4) is 11.5 Å². The van der Waals surface area contributed by atoms with Crippen LogP contribution >= 0.6 is 15.9 Å². The fourth-order valence-corrected chi connectivity index (χ4v) is 2.80. The van der Waals surface area contributed by atoms with Gasteiger partial charge < -0.3 is 9.47 Å². The van der Waals surface area contributed by atoms with Gasteiger partial charge in [-0.25, -0.2) is 4.39 Å². The van der Waals surface area contributed by atoms with Gasteiger partial charge in [-0.15, -0.1) is 0 Å². The van der Waals surface area contributed by atoms with Crippen LogP contribution in [-0.2, 0) is 6.42 Å². The molecule has 0 N–H and O–H groups in total. The Labute approximate surface area is 129 Å². The van der Waals surface area contributed by atoms with Gasteiger partial charge in [-0.3, -0.25) is 4.79 Å². The third-order valence-corrected chi connectivity index (χ3v) is 3.61. The predicted octanol–water partition coefficient (Wildman–Crippen LogP) is 3.78. The van der Waals surface area contributed by atoms with E-state index in [4.69, 9.17) is 9.47 Å². The maximum Gasteiger partial charge on any atom is 0.172 e. The monoisotopic (exact) mass is 350 g/mol. The second-order valence-electron chi connectivity index (χ2n) is 4.71. The lowest BCUT2D eigenvalue weighted by molar-refractivity contribution is 0.0981. The zero-order chi connectivity index (χ0) is 14.8. The zero-order valence-electron chi connectivity index (χ0n) is 11.1. The summed E-state index contributed by atoms with van der Waals surface area (Å²) in [4.78, 5) is 12.4. The summed E-state index contributed by atoms with van der Waals surface area (Å²) in [5.41, 5.74) is 1.08. The van der Waals surface area contributed by atoms with Crippen LogP contribution in [0.15, 0.2) is 40.9 Å². The summed E-state index contributed by atoms with van der Waals surface area (Å²) < 4.78 is 25.0. The molecule has 0 spiro atoms. The number of ketones is 1. The van der Waals surface area contributed by atoms with E-state index in [1.165, 1.54) is 12.1 Å². The van der Waals surface area contributed by atoms with Gasteiger partial charge in [0.15, 0.2) is 17.3 Å². The molecule has 5 heteroatoms. The quantitative estimate of drug-likeness (QED) is 0.790. The van der Waals surface area contributed by atoms with E-state index in [0.29, 0.717) is 40.3 Å². The first-order valence-electron chi connectivity index (χ1n) is 6.50. The number of carbonyl (C=O) groups is 1.